The van der Waals surface area contributed by atoms with Gasteiger partial charge in [-0.25, -0.2) is 4.42 Å². The van der Waals surface area contributed by atoms with Gasteiger partial charge >= 0.3 is 11.5 Å². The number of hydrogen-bond donors (Lipinski definition) is 0. The quantitative estimate of drug-likeness (QED) is 0.638. The van der Waals surface area contributed by atoms with Gasteiger partial charge in [0.25, 0.3) is 0 Å². The number of benzene rings is 2. The SMILES string of the molecule is Cc1cc2cc3c(cc2c(C=Cc2ccc(C#N)cc2)[o+]1)OCO3. The van der Waals surface area contributed by atoms with Gasteiger partial charge in [0.2, 0.25) is 6.79 Å². The van der Waals surface area contributed by atoms with E-state index in [4.69, 9.17) is 19.2 Å². The molecule has 0 unspecified atom stereocenters. The third kappa shape index (κ3) is 2.57. The molecule has 0 bridgehead atoms. The predicted octanol–water partition coefficient (Wildman–Crippen LogP) is 4.79. The molecule has 0 fully saturated rings. The van der Waals surface area contributed by atoms with E-state index in [1.807, 2.05) is 49.4 Å². The minimum atomic E-state index is 0.248. The normalized spacial score (nSPS) is 12.7. The van der Waals surface area contributed by atoms with Gasteiger partial charge in [-0.2, -0.15) is 5.26 Å². The van der Waals surface area contributed by atoms with Gasteiger partial charge < -0.3 is 9.47 Å². The standard InChI is InChI=1S/C20H14NO3/c1-13-8-16-9-19-20(23-12-22-19)10-17(16)18(24-13)7-6-14-2-4-15(11-21)5-3-14/h2-10H,12H2,1H3/q+1. The van der Waals surface area contributed by atoms with Crippen molar-refractivity contribution in [2.75, 3.05) is 6.79 Å². The first-order valence-corrected chi connectivity index (χ1v) is 7.58. The second-order valence-electron chi connectivity index (χ2n) is 5.58. The van der Waals surface area contributed by atoms with Crippen molar-refractivity contribution in [3.8, 4) is 17.6 Å². The molecule has 0 saturated heterocycles. The van der Waals surface area contributed by atoms with Gasteiger partial charge in [-0.15, -0.1) is 0 Å². The molecule has 0 amide bonds. The average Bonchev–Trinajstić information content (AvgIpc) is 3.05. The van der Waals surface area contributed by atoms with Crippen molar-refractivity contribution in [2.45, 2.75) is 6.92 Å². The first-order valence-electron chi connectivity index (χ1n) is 7.58. The number of fused-ring (bicyclic) bond motifs is 2. The Kier molecular flexibility index (Phi) is 3.40. The largest absolute Gasteiger partial charge is 0.454 e. The molecule has 1 aromatic heterocycles. The van der Waals surface area contributed by atoms with Crippen LogP contribution >= 0.6 is 0 Å². The fourth-order valence-electron chi connectivity index (χ4n) is 2.73. The van der Waals surface area contributed by atoms with Gasteiger partial charge in [-0.3, -0.25) is 0 Å². The monoisotopic (exact) mass is 316 g/mol. The summed E-state index contributed by atoms with van der Waals surface area (Å²) < 4.78 is 16.8. The van der Waals surface area contributed by atoms with Crippen molar-refractivity contribution in [1.82, 2.24) is 0 Å². The Hall–Kier alpha value is -3.32. The highest BCUT2D eigenvalue weighted by Crippen LogP contribution is 2.38. The molecule has 4 nitrogen and oxygen atoms in total. The first kappa shape index (κ1) is 14.3. The number of ether oxygens (including phenoxy) is 2. The summed E-state index contributed by atoms with van der Waals surface area (Å²) in [5.41, 5.74) is 1.64. The van der Waals surface area contributed by atoms with Gasteiger partial charge in [0, 0.05) is 23.6 Å². The molecule has 0 N–H and O–H groups in total. The molecular formula is C20H14NO3+. The van der Waals surface area contributed by atoms with E-state index in [0.29, 0.717) is 5.56 Å². The van der Waals surface area contributed by atoms with Crippen molar-refractivity contribution in [3.63, 3.8) is 0 Å². The summed E-state index contributed by atoms with van der Waals surface area (Å²) in [6, 6.07) is 15.4. The molecule has 2 aromatic carbocycles. The van der Waals surface area contributed by atoms with Crippen LogP contribution in [0.1, 0.15) is 22.6 Å². The molecule has 1 aliphatic heterocycles. The molecule has 3 aromatic rings. The van der Waals surface area contributed by atoms with Crippen LogP contribution in [0.5, 0.6) is 11.5 Å². The molecule has 116 valence electrons. The third-order valence-corrected chi connectivity index (χ3v) is 3.91. The number of rotatable bonds is 2. The highest BCUT2D eigenvalue weighted by molar-refractivity contribution is 5.93. The molecule has 4 rings (SSSR count). The van der Waals surface area contributed by atoms with Crippen LogP contribution < -0.4 is 9.47 Å². The van der Waals surface area contributed by atoms with E-state index in [2.05, 4.69) is 6.07 Å². The topological polar surface area (TPSA) is 53.6 Å². The Morgan fingerprint density at radius 2 is 1.79 bits per heavy atom. The molecule has 0 radical (unpaired) electrons. The number of hydrogen-bond acceptors (Lipinski definition) is 3. The Morgan fingerprint density at radius 3 is 2.54 bits per heavy atom. The Balaban J connectivity index is 1.77. The molecule has 1 aliphatic rings. The minimum Gasteiger partial charge on any atom is -0.454 e. The highest BCUT2D eigenvalue weighted by Gasteiger charge is 2.20. The second kappa shape index (κ2) is 5.71. The van der Waals surface area contributed by atoms with Crippen LogP contribution in [-0.2, 0) is 0 Å². The Labute approximate surface area is 139 Å². The lowest BCUT2D eigenvalue weighted by Gasteiger charge is -1.99. The summed E-state index contributed by atoms with van der Waals surface area (Å²) in [4.78, 5) is 0. The van der Waals surface area contributed by atoms with E-state index >= 15 is 0 Å². The average molecular weight is 316 g/mol. The number of aryl methyl sites for hydroxylation is 1. The minimum absolute atomic E-state index is 0.248. The van der Waals surface area contributed by atoms with Crippen molar-refractivity contribution in [2.24, 2.45) is 0 Å². The fourth-order valence-corrected chi connectivity index (χ4v) is 2.73. The maximum absolute atomic E-state index is 8.86. The van der Waals surface area contributed by atoms with Crippen LogP contribution in [0.3, 0.4) is 0 Å². The lowest BCUT2D eigenvalue weighted by Crippen LogP contribution is -1.92. The predicted molar refractivity (Wildman–Crippen MR) is 91.6 cm³/mol. The molecule has 0 atom stereocenters. The van der Waals surface area contributed by atoms with Crippen LogP contribution in [0, 0.1) is 18.3 Å². The Bertz CT molecular complexity index is 998. The zero-order valence-electron chi connectivity index (χ0n) is 13.1. The molecule has 4 heteroatoms. The molecular weight excluding hydrogens is 302 g/mol. The van der Waals surface area contributed by atoms with Crippen LogP contribution in [0.4, 0.5) is 0 Å². The van der Waals surface area contributed by atoms with Crippen LogP contribution in [0.2, 0.25) is 0 Å². The van der Waals surface area contributed by atoms with Crippen LogP contribution in [0.25, 0.3) is 22.9 Å². The Morgan fingerprint density at radius 1 is 1.04 bits per heavy atom. The number of nitrogens with zero attached hydrogens (tertiary/aromatic N) is 1. The summed E-state index contributed by atoms with van der Waals surface area (Å²) in [6.07, 6.45) is 3.89. The summed E-state index contributed by atoms with van der Waals surface area (Å²) in [5, 5.41) is 10.9. The molecule has 0 saturated carbocycles. The molecule has 2 heterocycles. The lowest BCUT2D eigenvalue weighted by molar-refractivity contribution is 0.174. The molecule has 0 spiro atoms. The summed E-state index contributed by atoms with van der Waals surface area (Å²) >= 11 is 0. The zero-order chi connectivity index (χ0) is 16.5. The van der Waals surface area contributed by atoms with Crippen molar-refractivity contribution >= 4 is 22.9 Å². The molecule has 0 aliphatic carbocycles. The van der Waals surface area contributed by atoms with E-state index in [9.17, 15) is 0 Å². The fraction of sp³-hybridized carbons (Fsp3) is 0.100. The zero-order valence-corrected chi connectivity index (χ0v) is 13.1. The van der Waals surface area contributed by atoms with Gasteiger partial charge in [-0.1, -0.05) is 12.1 Å². The van der Waals surface area contributed by atoms with E-state index in [1.54, 1.807) is 12.1 Å². The second-order valence-corrected chi connectivity index (χ2v) is 5.58. The van der Waals surface area contributed by atoms with Gasteiger partial charge in [0.15, 0.2) is 11.5 Å². The van der Waals surface area contributed by atoms with Crippen LogP contribution in [-0.4, -0.2) is 6.79 Å². The van der Waals surface area contributed by atoms with Gasteiger partial charge in [0.1, 0.15) is 0 Å². The van der Waals surface area contributed by atoms with E-state index < -0.39 is 0 Å². The highest BCUT2D eigenvalue weighted by atomic mass is 16.7. The first-order chi connectivity index (χ1) is 11.7. The van der Waals surface area contributed by atoms with Crippen molar-refractivity contribution < 1.29 is 13.9 Å². The van der Waals surface area contributed by atoms with Gasteiger partial charge in [0.05, 0.1) is 23.9 Å². The van der Waals surface area contributed by atoms with Crippen LogP contribution in [0.15, 0.2) is 46.9 Å². The smallest absolute Gasteiger partial charge is 0.360 e. The third-order valence-electron chi connectivity index (χ3n) is 3.91. The summed E-state index contributed by atoms with van der Waals surface area (Å²) in [7, 11) is 0. The van der Waals surface area contributed by atoms with E-state index in [0.717, 1.165) is 39.4 Å². The molecule has 24 heavy (non-hydrogen) atoms. The van der Waals surface area contributed by atoms with Crippen molar-refractivity contribution in [1.29, 1.82) is 5.26 Å². The lowest BCUT2D eigenvalue weighted by atomic mass is 10.1. The van der Waals surface area contributed by atoms with E-state index in [-0.39, 0.29) is 6.79 Å². The van der Waals surface area contributed by atoms with E-state index in [1.165, 1.54) is 0 Å². The maximum Gasteiger partial charge on any atom is 0.360 e. The maximum atomic E-state index is 8.86. The van der Waals surface area contributed by atoms with Crippen molar-refractivity contribution in [3.05, 3.63) is 65.1 Å². The van der Waals surface area contributed by atoms with Gasteiger partial charge in [-0.05, 0) is 29.8 Å². The summed E-state index contributed by atoms with van der Waals surface area (Å²) in [5.74, 6) is 3.07. The summed E-state index contributed by atoms with van der Waals surface area (Å²) in [6.45, 7) is 2.17. The number of nitriles is 1.